The monoisotopic (exact) mass is 594 g/mol. The number of aromatic nitrogens is 5. The minimum atomic E-state index is -0.612. The normalized spacial score (nSPS) is 20.5. The molecule has 218 valence electrons. The first-order valence-corrected chi connectivity index (χ1v) is 15.1. The fraction of sp³-hybridized carbons (Fsp3) is 0.433. The fourth-order valence-corrected chi connectivity index (χ4v) is 6.78. The highest BCUT2D eigenvalue weighted by atomic mass is 32.1. The van der Waals surface area contributed by atoms with E-state index in [4.69, 9.17) is 9.72 Å². The summed E-state index contributed by atoms with van der Waals surface area (Å²) in [5.41, 5.74) is 3.10. The Hall–Kier alpha value is -4.75. The van der Waals surface area contributed by atoms with Crippen LogP contribution in [-0.2, 0) is 4.74 Å². The summed E-state index contributed by atoms with van der Waals surface area (Å²) in [6, 6.07) is 12.2. The highest BCUT2D eigenvalue weighted by Crippen LogP contribution is 2.43. The van der Waals surface area contributed by atoms with Gasteiger partial charge >= 0.3 is 6.09 Å². The lowest BCUT2D eigenvalue weighted by Crippen LogP contribution is -2.56. The summed E-state index contributed by atoms with van der Waals surface area (Å²) in [5.74, 6) is 0. The molecule has 0 radical (unpaired) electrons. The van der Waals surface area contributed by atoms with Crippen molar-refractivity contribution in [2.75, 3.05) is 23.3 Å². The summed E-state index contributed by atoms with van der Waals surface area (Å²) >= 11 is 1.48. The molecule has 13 heteroatoms. The number of fused-ring (bicyclic) bond motifs is 3. The maximum absolute atomic E-state index is 12.9. The van der Waals surface area contributed by atoms with E-state index in [1.54, 1.807) is 16.8 Å². The first kappa shape index (κ1) is 27.1. The molecule has 2 unspecified atom stereocenters. The SMILES string of the molecule is CC(C)(C)OC(=O)N1C2CCC1CN(c1nnc(-c3cnc(-c4ccc5cc(C#N)cnn45)cc3NC3(C#N)CC3)s1)C2. The number of rotatable bonds is 5. The Kier molecular flexibility index (Phi) is 6.25. The number of carbonyl (C=O) groups is 1. The molecular formula is C30H30N10O2S. The summed E-state index contributed by atoms with van der Waals surface area (Å²) in [6.07, 6.45) is 6.44. The first-order valence-electron chi connectivity index (χ1n) is 14.3. The van der Waals surface area contributed by atoms with E-state index in [0.29, 0.717) is 29.4 Å². The maximum atomic E-state index is 12.9. The summed E-state index contributed by atoms with van der Waals surface area (Å²) in [4.78, 5) is 21.8. The van der Waals surface area contributed by atoms with Gasteiger partial charge in [-0.25, -0.2) is 9.31 Å². The molecule has 2 atom stereocenters. The van der Waals surface area contributed by atoms with Gasteiger partial charge in [0.25, 0.3) is 0 Å². The van der Waals surface area contributed by atoms with Crippen molar-refractivity contribution in [3.05, 3.63) is 42.2 Å². The molecule has 4 aromatic rings. The third-order valence-electron chi connectivity index (χ3n) is 8.14. The summed E-state index contributed by atoms with van der Waals surface area (Å²) in [5, 5.41) is 37.5. The number of pyridine rings is 1. The second kappa shape index (κ2) is 9.92. The number of amides is 1. The van der Waals surface area contributed by atoms with Crippen LogP contribution in [0.25, 0.3) is 27.5 Å². The van der Waals surface area contributed by atoms with E-state index >= 15 is 0 Å². The van der Waals surface area contributed by atoms with Crippen LogP contribution in [0.1, 0.15) is 52.0 Å². The lowest BCUT2D eigenvalue weighted by Gasteiger charge is -2.41. The largest absolute Gasteiger partial charge is 0.444 e. The fourth-order valence-electron chi connectivity index (χ4n) is 5.90. The number of piperazine rings is 1. The van der Waals surface area contributed by atoms with E-state index in [0.717, 1.165) is 53.3 Å². The van der Waals surface area contributed by atoms with Gasteiger partial charge in [-0.3, -0.25) is 9.88 Å². The van der Waals surface area contributed by atoms with Crippen LogP contribution in [0.5, 0.6) is 0 Å². The number of carbonyl (C=O) groups excluding carboxylic acids is 1. The molecule has 0 spiro atoms. The predicted octanol–water partition coefficient (Wildman–Crippen LogP) is 4.84. The van der Waals surface area contributed by atoms with Crippen LogP contribution >= 0.6 is 11.3 Å². The molecule has 2 aliphatic heterocycles. The highest BCUT2D eigenvalue weighted by Gasteiger charge is 2.46. The van der Waals surface area contributed by atoms with E-state index in [1.807, 2.05) is 43.9 Å². The van der Waals surface area contributed by atoms with Gasteiger partial charge in [0.05, 0.1) is 52.4 Å². The van der Waals surface area contributed by atoms with Crippen LogP contribution < -0.4 is 10.2 Å². The van der Waals surface area contributed by atoms with Crippen molar-refractivity contribution in [2.45, 2.75) is 69.7 Å². The van der Waals surface area contributed by atoms with Crippen LogP contribution in [0, 0.1) is 22.7 Å². The molecule has 2 saturated heterocycles. The minimum absolute atomic E-state index is 0.0687. The number of nitrogens with one attached hydrogen (secondary N) is 1. The van der Waals surface area contributed by atoms with Crippen molar-refractivity contribution in [2.24, 2.45) is 0 Å². The third kappa shape index (κ3) is 5.00. The summed E-state index contributed by atoms with van der Waals surface area (Å²) in [7, 11) is 0. The molecule has 1 amide bonds. The predicted molar refractivity (Wildman–Crippen MR) is 160 cm³/mol. The highest BCUT2D eigenvalue weighted by molar-refractivity contribution is 7.18. The zero-order chi connectivity index (χ0) is 29.9. The van der Waals surface area contributed by atoms with E-state index < -0.39 is 11.1 Å². The van der Waals surface area contributed by atoms with Crippen LogP contribution in [0.3, 0.4) is 0 Å². The summed E-state index contributed by atoms with van der Waals surface area (Å²) < 4.78 is 7.43. The lowest BCUT2D eigenvalue weighted by molar-refractivity contribution is 0.0123. The van der Waals surface area contributed by atoms with Gasteiger partial charge in [0, 0.05) is 25.0 Å². The number of ether oxygens (including phenoxy) is 1. The van der Waals surface area contributed by atoms with Gasteiger partial charge in [-0.05, 0) is 70.7 Å². The number of hydrogen-bond acceptors (Lipinski definition) is 11. The van der Waals surface area contributed by atoms with Gasteiger partial charge in [-0.1, -0.05) is 11.3 Å². The van der Waals surface area contributed by atoms with Crippen molar-refractivity contribution in [3.8, 4) is 34.1 Å². The Labute approximate surface area is 252 Å². The number of nitrogens with zero attached hydrogens (tertiary/aromatic N) is 9. The van der Waals surface area contributed by atoms with Gasteiger partial charge < -0.3 is 15.0 Å². The Balaban J connectivity index is 1.17. The average molecular weight is 595 g/mol. The molecule has 6 heterocycles. The smallest absolute Gasteiger partial charge is 0.410 e. The Bertz CT molecular complexity index is 1810. The van der Waals surface area contributed by atoms with Gasteiger partial charge in [-0.2, -0.15) is 15.6 Å². The van der Waals surface area contributed by atoms with Crippen molar-refractivity contribution in [1.29, 1.82) is 10.5 Å². The second-order valence-corrected chi connectivity index (χ2v) is 13.4. The Morgan fingerprint density at radius 3 is 2.56 bits per heavy atom. The Morgan fingerprint density at radius 1 is 1.12 bits per heavy atom. The number of anilines is 2. The zero-order valence-electron chi connectivity index (χ0n) is 24.1. The molecule has 7 rings (SSSR count). The molecular weight excluding hydrogens is 564 g/mol. The molecule has 1 N–H and O–H groups in total. The van der Waals surface area contributed by atoms with Crippen molar-refractivity contribution in [1.82, 2.24) is 29.7 Å². The van der Waals surface area contributed by atoms with Gasteiger partial charge in [0.1, 0.15) is 17.2 Å². The average Bonchev–Trinajstić information content (AvgIpc) is 3.28. The molecule has 2 bridgehead atoms. The molecule has 3 fully saturated rings. The topological polar surface area (TPSA) is 148 Å². The van der Waals surface area contributed by atoms with E-state index in [2.05, 4.69) is 37.7 Å². The molecule has 0 aromatic carbocycles. The zero-order valence-corrected chi connectivity index (χ0v) is 24.9. The molecule has 3 aliphatic rings. The standard InChI is InChI=1S/C30H30N10O2S/c1-29(2,3)42-28(41)39-20-4-5-21(39)16-38(15-20)27-37-36-26(43-27)22-14-33-24(11-23(22)35-30(17-32)8-9-30)25-7-6-19-10-18(12-31)13-34-40(19)25/h6-7,10-11,13-14,20-21H,4-5,8-9,15-16H2,1-3H3,(H,33,35). The molecule has 4 aromatic heterocycles. The van der Waals surface area contributed by atoms with Crippen LogP contribution in [0.2, 0.25) is 0 Å². The van der Waals surface area contributed by atoms with Crippen LogP contribution in [0.4, 0.5) is 15.6 Å². The van der Waals surface area contributed by atoms with Crippen molar-refractivity contribution >= 4 is 33.8 Å². The summed E-state index contributed by atoms with van der Waals surface area (Å²) in [6.45, 7) is 7.02. The Morgan fingerprint density at radius 2 is 1.88 bits per heavy atom. The maximum Gasteiger partial charge on any atom is 0.410 e. The lowest BCUT2D eigenvalue weighted by atomic mass is 10.1. The molecule has 43 heavy (non-hydrogen) atoms. The second-order valence-electron chi connectivity index (χ2n) is 12.4. The van der Waals surface area contributed by atoms with E-state index in [9.17, 15) is 15.3 Å². The van der Waals surface area contributed by atoms with Crippen LogP contribution in [-0.4, -0.2) is 72.1 Å². The van der Waals surface area contributed by atoms with Gasteiger partial charge in [-0.15, -0.1) is 10.2 Å². The molecule has 12 nitrogen and oxygen atoms in total. The van der Waals surface area contributed by atoms with Crippen molar-refractivity contribution in [3.63, 3.8) is 0 Å². The number of nitriles is 2. The van der Waals surface area contributed by atoms with Crippen LogP contribution in [0.15, 0.2) is 36.7 Å². The van der Waals surface area contributed by atoms with Gasteiger partial charge in [0.15, 0.2) is 5.01 Å². The molecule has 1 saturated carbocycles. The third-order valence-corrected chi connectivity index (χ3v) is 9.15. The first-order chi connectivity index (χ1) is 20.6. The van der Waals surface area contributed by atoms with Crippen molar-refractivity contribution < 1.29 is 9.53 Å². The van der Waals surface area contributed by atoms with E-state index in [-0.39, 0.29) is 18.2 Å². The van der Waals surface area contributed by atoms with Gasteiger partial charge in [0.2, 0.25) is 5.13 Å². The molecule has 1 aliphatic carbocycles. The van der Waals surface area contributed by atoms with E-state index in [1.165, 1.54) is 17.5 Å². The number of hydrogen-bond donors (Lipinski definition) is 1. The quantitative estimate of drug-likeness (QED) is 0.340. The minimum Gasteiger partial charge on any atom is -0.444 e.